The molecule has 0 aliphatic carbocycles. The molecule has 21 heavy (non-hydrogen) atoms. The molecule has 1 aromatic heterocycles. The van der Waals surface area contributed by atoms with Gasteiger partial charge in [-0.1, -0.05) is 12.1 Å². The topological polar surface area (TPSA) is 49.3 Å². The van der Waals surface area contributed by atoms with Crippen molar-refractivity contribution in [2.24, 2.45) is 4.99 Å². The number of thiazole rings is 1. The third kappa shape index (κ3) is 4.53. The first-order valence-corrected chi connectivity index (χ1v) is 7.51. The summed E-state index contributed by atoms with van der Waals surface area (Å²) in [6.07, 6.45) is 1.85. The minimum atomic E-state index is -0.185. The third-order valence-electron chi connectivity index (χ3n) is 3.00. The number of rotatable bonds is 4. The van der Waals surface area contributed by atoms with E-state index in [1.807, 2.05) is 19.2 Å². The molecule has 0 aliphatic rings. The van der Waals surface area contributed by atoms with Gasteiger partial charge in [0, 0.05) is 24.7 Å². The number of aryl methyl sites for hydroxylation is 2. The normalized spacial score (nSPS) is 11.5. The molecule has 4 nitrogen and oxygen atoms in total. The summed E-state index contributed by atoms with van der Waals surface area (Å²) in [5.41, 5.74) is 1.53. The fourth-order valence-electron chi connectivity index (χ4n) is 1.80. The highest BCUT2D eigenvalue weighted by molar-refractivity contribution is 7.11. The highest BCUT2D eigenvalue weighted by atomic mass is 32.1. The maximum Gasteiger partial charge on any atom is 0.191 e. The molecule has 0 saturated carbocycles. The van der Waals surface area contributed by atoms with Crippen LogP contribution in [0.5, 0.6) is 0 Å². The van der Waals surface area contributed by atoms with E-state index in [9.17, 15) is 4.39 Å². The number of benzene rings is 1. The lowest BCUT2D eigenvalue weighted by atomic mass is 10.1. The number of nitrogens with one attached hydrogen (secondary N) is 2. The second-order valence-corrected chi connectivity index (χ2v) is 6.05. The van der Waals surface area contributed by atoms with Crippen LogP contribution in [0.25, 0.3) is 0 Å². The standard InChI is InChI=1S/C15H19FN4S/c1-10-4-5-12(6-13(10)16)8-19-15(17-3)20-9-14-18-7-11(2)21-14/h4-7H,8-9H2,1-3H3,(H2,17,19,20). The predicted molar refractivity (Wildman–Crippen MR) is 85.0 cm³/mol. The third-order valence-corrected chi connectivity index (χ3v) is 3.91. The molecule has 0 fully saturated rings. The Balaban J connectivity index is 1.86. The van der Waals surface area contributed by atoms with Crippen molar-refractivity contribution < 1.29 is 4.39 Å². The molecule has 0 bridgehead atoms. The van der Waals surface area contributed by atoms with Crippen molar-refractivity contribution in [3.63, 3.8) is 0 Å². The Bertz CT molecular complexity index is 636. The molecule has 0 spiro atoms. The molecule has 0 unspecified atom stereocenters. The smallest absolute Gasteiger partial charge is 0.191 e. The minimum absolute atomic E-state index is 0.185. The number of hydrogen-bond acceptors (Lipinski definition) is 3. The van der Waals surface area contributed by atoms with Crippen LogP contribution >= 0.6 is 11.3 Å². The Labute approximate surface area is 128 Å². The molecule has 112 valence electrons. The molecule has 0 amide bonds. The zero-order chi connectivity index (χ0) is 15.2. The summed E-state index contributed by atoms with van der Waals surface area (Å²) in [4.78, 5) is 9.61. The van der Waals surface area contributed by atoms with Crippen molar-refractivity contribution in [2.45, 2.75) is 26.9 Å². The Kier molecular flexibility index (Phi) is 5.27. The van der Waals surface area contributed by atoms with Gasteiger partial charge in [0.15, 0.2) is 5.96 Å². The quantitative estimate of drug-likeness (QED) is 0.674. The zero-order valence-corrected chi connectivity index (χ0v) is 13.2. The van der Waals surface area contributed by atoms with Gasteiger partial charge in [-0.2, -0.15) is 0 Å². The van der Waals surface area contributed by atoms with Gasteiger partial charge in [0.1, 0.15) is 10.8 Å². The Morgan fingerprint density at radius 3 is 2.67 bits per heavy atom. The summed E-state index contributed by atoms with van der Waals surface area (Å²) in [6, 6.07) is 5.23. The first-order valence-electron chi connectivity index (χ1n) is 6.69. The lowest BCUT2D eigenvalue weighted by Crippen LogP contribution is -2.36. The summed E-state index contributed by atoms with van der Waals surface area (Å²) < 4.78 is 13.5. The van der Waals surface area contributed by atoms with Crippen LogP contribution in [0.2, 0.25) is 0 Å². The van der Waals surface area contributed by atoms with E-state index in [-0.39, 0.29) is 5.82 Å². The van der Waals surface area contributed by atoms with Gasteiger partial charge in [-0.15, -0.1) is 11.3 Å². The van der Waals surface area contributed by atoms with Gasteiger partial charge in [0.05, 0.1) is 6.54 Å². The number of hydrogen-bond donors (Lipinski definition) is 2. The van der Waals surface area contributed by atoms with Crippen LogP contribution in [0.4, 0.5) is 4.39 Å². The van der Waals surface area contributed by atoms with Crippen LogP contribution in [0.15, 0.2) is 29.4 Å². The van der Waals surface area contributed by atoms with Gasteiger partial charge in [-0.05, 0) is 31.0 Å². The Morgan fingerprint density at radius 2 is 2.05 bits per heavy atom. The second kappa shape index (κ2) is 7.17. The lowest BCUT2D eigenvalue weighted by Gasteiger charge is -2.11. The van der Waals surface area contributed by atoms with Crippen LogP contribution in [0, 0.1) is 19.7 Å². The van der Waals surface area contributed by atoms with Crippen LogP contribution < -0.4 is 10.6 Å². The molecule has 0 saturated heterocycles. The zero-order valence-electron chi connectivity index (χ0n) is 12.4. The summed E-state index contributed by atoms with van der Waals surface area (Å²) in [5, 5.41) is 7.36. The molecular formula is C15H19FN4S. The Morgan fingerprint density at radius 1 is 1.29 bits per heavy atom. The van der Waals surface area contributed by atoms with E-state index in [2.05, 4.69) is 20.6 Å². The number of aromatic nitrogens is 1. The highest BCUT2D eigenvalue weighted by Gasteiger charge is 2.03. The molecular weight excluding hydrogens is 287 g/mol. The maximum absolute atomic E-state index is 13.5. The lowest BCUT2D eigenvalue weighted by molar-refractivity contribution is 0.615. The van der Waals surface area contributed by atoms with Crippen LogP contribution in [0.1, 0.15) is 21.0 Å². The van der Waals surface area contributed by atoms with Crippen molar-refractivity contribution in [3.05, 3.63) is 51.2 Å². The van der Waals surface area contributed by atoms with E-state index in [0.717, 1.165) is 10.6 Å². The van der Waals surface area contributed by atoms with Crippen molar-refractivity contribution >= 4 is 17.3 Å². The van der Waals surface area contributed by atoms with Gasteiger partial charge in [0.2, 0.25) is 0 Å². The minimum Gasteiger partial charge on any atom is -0.352 e. The molecule has 2 N–H and O–H groups in total. The summed E-state index contributed by atoms with van der Waals surface area (Å²) in [5.74, 6) is 0.486. The van der Waals surface area contributed by atoms with E-state index in [1.165, 1.54) is 4.88 Å². The molecule has 1 aromatic carbocycles. The van der Waals surface area contributed by atoms with Crippen LogP contribution in [-0.4, -0.2) is 18.0 Å². The second-order valence-electron chi connectivity index (χ2n) is 4.73. The van der Waals surface area contributed by atoms with Gasteiger partial charge in [-0.3, -0.25) is 4.99 Å². The molecule has 1 heterocycles. The van der Waals surface area contributed by atoms with Gasteiger partial charge in [-0.25, -0.2) is 9.37 Å². The van der Waals surface area contributed by atoms with Gasteiger partial charge >= 0.3 is 0 Å². The van der Waals surface area contributed by atoms with E-state index >= 15 is 0 Å². The first kappa shape index (κ1) is 15.4. The largest absolute Gasteiger partial charge is 0.352 e. The van der Waals surface area contributed by atoms with Crippen molar-refractivity contribution in [2.75, 3.05) is 7.05 Å². The average Bonchev–Trinajstić information content (AvgIpc) is 2.88. The first-order chi connectivity index (χ1) is 10.1. The monoisotopic (exact) mass is 306 g/mol. The molecule has 2 rings (SSSR count). The van der Waals surface area contributed by atoms with Gasteiger partial charge in [0.25, 0.3) is 0 Å². The predicted octanol–water partition coefficient (Wildman–Crippen LogP) is 2.76. The molecule has 0 radical (unpaired) electrons. The van der Waals surface area contributed by atoms with Crippen molar-refractivity contribution in [1.82, 2.24) is 15.6 Å². The Hall–Kier alpha value is -1.95. The average molecular weight is 306 g/mol. The fourth-order valence-corrected chi connectivity index (χ4v) is 2.52. The number of nitrogens with zero attached hydrogens (tertiary/aromatic N) is 2. The number of halogens is 1. The van der Waals surface area contributed by atoms with E-state index < -0.39 is 0 Å². The molecule has 0 aliphatic heterocycles. The highest BCUT2D eigenvalue weighted by Crippen LogP contribution is 2.10. The van der Waals surface area contributed by atoms with Crippen molar-refractivity contribution in [1.29, 1.82) is 0 Å². The van der Waals surface area contributed by atoms with Gasteiger partial charge < -0.3 is 10.6 Å². The summed E-state index contributed by atoms with van der Waals surface area (Å²) >= 11 is 1.65. The van der Waals surface area contributed by atoms with Crippen LogP contribution in [-0.2, 0) is 13.1 Å². The molecule has 2 aromatic rings. The van der Waals surface area contributed by atoms with E-state index in [0.29, 0.717) is 24.6 Å². The fraction of sp³-hybridized carbons (Fsp3) is 0.333. The number of aliphatic imine (C=N–C) groups is 1. The summed E-state index contributed by atoms with van der Waals surface area (Å²) in [6.45, 7) is 4.93. The SMILES string of the molecule is CN=C(NCc1ccc(C)c(F)c1)NCc1ncc(C)s1. The molecule has 0 atom stereocenters. The number of guanidine groups is 1. The van der Waals surface area contributed by atoms with Crippen molar-refractivity contribution in [3.8, 4) is 0 Å². The summed E-state index contributed by atoms with van der Waals surface area (Å²) in [7, 11) is 1.71. The van der Waals surface area contributed by atoms with E-state index in [4.69, 9.17) is 0 Å². The molecule has 6 heteroatoms. The van der Waals surface area contributed by atoms with Crippen LogP contribution in [0.3, 0.4) is 0 Å². The van der Waals surface area contributed by atoms with E-state index in [1.54, 1.807) is 37.4 Å². The maximum atomic E-state index is 13.5.